The first-order valence-electron chi connectivity index (χ1n) is 13.5. The Morgan fingerprint density at radius 1 is 0.767 bits per heavy atom. The van der Waals surface area contributed by atoms with Crippen molar-refractivity contribution in [2.45, 2.75) is 68.3 Å². The summed E-state index contributed by atoms with van der Waals surface area (Å²) in [5.74, 6) is 0.722. The topological polar surface area (TPSA) is 207 Å². The van der Waals surface area contributed by atoms with Crippen LogP contribution < -0.4 is 19.6 Å². The van der Waals surface area contributed by atoms with Crippen LogP contribution >= 0.6 is 0 Å². The third kappa shape index (κ3) is 6.06. The molecule has 2 aliphatic rings. The van der Waals surface area contributed by atoms with E-state index in [1.807, 2.05) is 0 Å². The molecule has 2 aromatic carbocycles. The highest BCUT2D eigenvalue weighted by Gasteiger charge is 2.47. The van der Waals surface area contributed by atoms with Crippen LogP contribution in [0.25, 0.3) is 22.1 Å². The minimum atomic E-state index is -1.73. The fourth-order valence-electron chi connectivity index (χ4n) is 4.98. The molecule has 0 unspecified atom stereocenters. The lowest BCUT2D eigenvalue weighted by Crippen LogP contribution is -2.61. The van der Waals surface area contributed by atoms with E-state index in [4.69, 9.17) is 32.8 Å². The molecule has 3 aromatic rings. The van der Waals surface area contributed by atoms with Gasteiger partial charge in [-0.15, -0.1) is 0 Å². The van der Waals surface area contributed by atoms with E-state index in [2.05, 4.69) is 0 Å². The molecule has 2 saturated heterocycles. The molecule has 2 fully saturated rings. The van der Waals surface area contributed by atoms with E-state index in [-0.39, 0.29) is 27.9 Å². The first kappa shape index (κ1) is 31.1. The summed E-state index contributed by atoms with van der Waals surface area (Å²) in [5.41, 5.74) is 0.726. The average Bonchev–Trinajstić information content (AvgIpc) is 3.02. The minimum Gasteiger partial charge on any atom is -0.497 e. The number of aliphatic hydroxyl groups excluding tert-OH is 6. The van der Waals surface area contributed by atoms with Crippen LogP contribution in [0.3, 0.4) is 0 Å². The lowest BCUT2D eigenvalue weighted by Gasteiger charge is -2.42. The van der Waals surface area contributed by atoms with E-state index >= 15 is 0 Å². The molecule has 0 radical (unpaired) electrons. The maximum absolute atomic E-state index is 13.3. The normalized spacial score (nSPS) is 32.9. The standard InChI is InChI=1S/C29H34O14/c1-12-21(30)24(33)26(35)28(41-12)40-11-20-23(32)25(34)27(36)29(43-20)42-19-9-17-15(8-18(19)38-3)22(31)16(10-39-17)13-4-6-14(37-2)7-5-13/h4-10,12,20-21,23-30,32-36H,11H2,1-3H3/t12-,20-,21+,23-,24-,25+,26-,27+,28-,29-/m0/s1. The van der Waals surface area contributed by atoms with Gasteiger partial charge in [-0.25, -0.2) is 0 Å². The molecule has 0 amide bonds. The Morgan fingerprint density at radius 3 is 2.12 bits per heavy atom. The average molecular weight is 607 g/mol. The SMILES string of the molecule is COc1ccc(-c2coc3cc(O[C@H]4O[C@@H](CO[C@H]5O[C@@H](C)[C@@H](O)[C@H](O)[C@@H]5O)[C@H](O)[C@@H](O)[C@H]4O)c(OC)cc3c2=O)cc1. The molecular formula is C29H34O14. The van der Waals surface area contributed by atoms with Gasteiger partial charge in [-0.3, -0.25) is 4.79 Å². The zero-order chi connectivity index (χ0) is 31.0. The summed E-state index contributed by atoms with van der Waals surface area (Å²) in [7, 11) is 2.88. The number of methoxy groups -OCH3 is 2. The summed E-state index contributed by atoms with van der Waals surface area (Å²) in [6.07, 6.45) is -13.3. The van der Waals surface area contributed by atoms with Crippen molar-refractivity contribution in [1.29, 1.82) is 0 Å². The molecule has 0 saturated carbocycles. The number of aliphatic hydroxyl groups is 6. The highest BCUT2D eigenvalue weighted by molar-refractivity contribution is 5.84. The van der Waals surface area contributed by atoms with Crippen LogP contribution in [0.5, 0.6) is 17.2 Å². The molecule has 6 N–H and O–H groups in total. The molecular weight excluding hydrogens is 572 g/mol. The third-order valence-corrected chi connectivity index (χ3v) is 7.60. The summed E-state index contributed by atoms with van der Waals surface area (Å²) < 4.78 is 38.7. The van der Waals surface area contributed by atoms with Crippen molar-refractivity contribution < 1.29 is 63.5 Å². The van der Waals surface area contributed by atoms with Gasteiger partial charge in [0.25, 0.3) is 0 Å². The van der Waals surface area contributed by atoms with Gasteiger partial charge in [-0.1, -0.05) is 12.1 Å². The smallest absolute Gasteiger partial charge is 0.229 e. The van der Waals surface area contributed by atoms with Crippen molar-refractivity contribution in [2.75, 3.05) is 20.8 Å². The third-order valence-electron chi connectivity index (χ3n) is 7.60. The summed E-state index contributed by atoms with van der Waals surface area (Å²) in [4.78, 5) is 13.3. The number of benzene rings is 2. The van der Waals surface area contributed by atoms with Gasteiger partial charge in [0.2, 0.25) is 11.7 Å². The van der Waals surface area contributed by atoms with Crippen LogP contribution in [-0.4, -0.2) is 113 Å². The van der Waals surface area contributed by atoms with Crippen LogP contribution in [0.4, 0.5) is 0 Å². The van der Waals surface area contributed by atoms with Crippen molar-refractivity contribution in [1.82, 2.24) is 0 Å². The van der Waals surface area contributed by atoms with Crippen molar-refractivity contribution in [3.05, 3.63) is 52.9 Å². The van der Waals surface area contributed by atoms with E-state index < -0.39 is 68.0 Å². The number of hydrogen-bond acceptors (Lipinski definition) is 14. The van der Waals surface area contributed by atoms with E-state index in [9.17, 15) is 35.4 Å². The second-order valence-electron chi connectivity index (χ2n) is 10.4. The highest BCUT2D eigenvalue weighted by Crippen LogP contribution is 2.35. The number of rotatable bonds is 8. The molecule has 0 aliphatic carbocycles. The molecule has 1 aromatic heterocycles. The number of ether oxygens (including phenoxy) is 6. The first-order valence-corrected chi connectivity index (χ1v) is 13.5. The highest BCUT2D eigenvalue weighted by atomic mass is 16.7. The zero-order valence-electron chi connectivity index (χ0n) is 23.5. The molecule has 0 spiro atoms. The summed E-state index contributed by atoms with van der Waals surface area (Å²) in [6, 6.07) is 9.66. The van der Waals surface area contributed by atoms with E-state index in [1.54, 1.807) is 24.3 Å². The molecule has 3 heterocycles. The van der Waals surface area contributed by atoms with Gasteiger partial charge in [-0.05, 0) is 30.7 Å². The summed E-state index contributed by atoms with van der Waals surface area (Å²) >= 11 is 0. The Bertz CT molecular complexity index is 1460. The van der Waals surface area contributed by atoms with E-state index in [1.165, 1.54) is 39.5 Å². The molecule has 2 aliphatic heterocycles. The second-order valence-corrected chi connectivity index (χ2v) is 10.4. The Morgan fingerprint density at radius 2 is 1.44 bits per heavy atom. The monoisotopic (exact) mass is 606 g/mol. The first-order chi connectivity index (χ1) is 20.5. The van der Waals surface area contributed by atoms with Crippen LogP contribution in [0.2, 0.25) is 0 Å². The molecule has 5 rings (SSSR count). The molecule has 14 nitrogen and oxygen atoms in total. The van der Waals surface area contributed by atoms with Crippen molar-refractivity contribution in [3.8, 4) is 28.4 Å². The van der Waals surface area contributed by atoms with Gasteiger partial charge in [0.05, 0.1) is 37.9 Å². The number of fused-ring (bicyclic) bond motifs is 1. The number of hydrogen-bond donors (Lipinski definition) is 6. The maximum atomic E-state index is 13.3. The van der Waals surface area contributed by atoms with Gasteiger partial charge >= 0.3 is 0 Å². The lowest BCUT2D eigenvalue weighted by atomic mass is 9.98. The molecule has 10 atom stereocenters. The molecule has 0 bridgehead atoms. The van der Waals surface area contributed by atoms with Crippen LogP contribution in [0, 0.1) is 0 Å². The minimum absolute atomic E-state index is 0.000346. The van der Waals surface area contributed by atoms with Gasteiger partial charge in [0.1, 0.15) is 60.3 Å². The Kier molecular flexibility index (Phi) is 9.22. The second kappa shape index (κ2) is 12.7. The van der Waals surface area contributed by atoms with E-state index in [0.717, 1.165) is 0 Å². The van der Waals surface area contributed by atoms with Crippen LogP contribution in [0.15, 0.2) is 51.9 Å². The fourth-order valence-corrected chi connectivity index (χ4v) is 4.98. The van der Waals surface area contributed by atoms with E-state index in [0.29, 0.717) is 16.9 Å². The molecule has 43 heavy (non-hydrogen) atoms. The maximum Gasteiger partial charge on any atom is 0.229 e. The van der Waals surface area contributed by atoms with Gasteiger partial charge in [-0.2, -0.15) is 0 Å². The van der Waals surface area contributed by atoms with Crippen LogP contribution in [0.1, 0.15) is 6.92 Å². The summed E-state index contributed by atoms with van der Waals surface area (Å²) in [5, 5.41) is 61.9. The largest absolute Gasteiger partial charge is 0.497 e. The molecule has 14 heteroatoms. The fraction of sp³-hybridized carbons (Fsp3) is 0.483. The Hall–Kier alpha value is -3.31. The van der Waals surface area contributed by atoms with Crippen molar-refractivity contribution in [3.63, 3.8) is 0 Å². The predicted octanol–water partition coefficient (Wildman–Crippen LogP) is -0.492. The quantitative estimate of drug-likeness (QED) is 0.191. The summed E-state index contributed by atoms with van der Waals surface area (Å²) in [6.45, 7) is 1.02. The molecule has 234 valence electrons. The van der Waals surface area contributed by atoms with Crippen molar-refractivity contribution in [2.24, 2.45) is 0 Å². The zero-order valence-corrected chi connectivity index (χ0v) is 23.5. The Balaban J connectivity index is 1.35. The van der Waals surface area contributed by atoms with Crippen molar-refractivity contribution >= 4 is 11.0 Å². The van der Waals surface area contributed by atoms with Crippen LogP contribution in [-0.2, 0) is 14.2 Å². The lowest BCUT2D eigenvalue weighted by molar-refractivity contribution is -0.318. The van der Waals surface area contributed by atoms with Gasteiger partial charge in [0, 0.05) is 6.07 Å². The Labute approximate surface area is 245 Å². The predicted molar refractivity (Wildman–Crippen MR) is 147 cm³/mol. The van der Waals surface area contributed by atoms with Gasteiger partial charge in [0.15, 0.2) is 17.8 Å². The van der Waals surface area contributed by atoms with Gasteiger partial charge < -0.3 is 63.5 Å².